The Labute approximate surface area is 115 Å². The van der Waals surface area contributed by atoms with E-state index in [1.165, 1.54) is 12.1 Å². The van der Waals surface area contributed by atoms with Gasteiger partial charge in [0.2, 0.25) is 0 Å². The Balaban J connectivity index is 2.08. The van der Waals surface area contributed by atoms with Gasteiger partial charge in [-0.15, -0.1) is 11.8 Å². The third-order valence-electron chi connectivity index (χ3n) is 2.60. The molecule has 0 heterocycles. The number of nitriles is 1. The van der Waals surface area contributed by atoms with E-state index in [1.807, 2.05) is 12.1 Å². The molecular formula is C15H12FNOS. The number of nitrogens with zero attached hydrogens (tertiary/aromatic N) is 1. The summed E-state index contributed by atoms with van der Waals surface area (Å²) >= 11 is 1.60. The molecule has 0 saturated heterocycles. The molecule has 0 saturated carbocycles. The van der Waals surface area contributed by atoms with Crippen molar-refractivity contribution in [1.29, 1.82) is 5.26 Å². The number of benzene rings is 2. The molecule has 2 rings (SSSR count). The van der Waals surface area contributed by atoms with Crippen LogP contribution in [0.25, 0.3) is 0 Å². The summed E-state index contributed by atoms with van der Waals surface area (Å²) in [6, 6.07) is 14.0. The van der Waals surface area contributed by atoms with Crippen molar-refractivity contribution in [2.45, 2.75) is 10.6 Å². The largest absolute Gasteiger partial charge is 0.495 e. The van der Waals surface area contributed by atoms with Crippen molar-refractivity contribution in [2.75, 3.05) is 7.11 Å². The van der Waals surface area contributed by atoms with Crippen molar-refractivity contribution in [1.82, 2.24) is 0 Å². The number of ether oxygens (including phenoxy) is 1. The van der Waals surface area contributed by atoms with Gasteiger partial charge in [0.15, 0.2) is 0 Å². The van der Waals surface area contributed by atoms with Crippen LogP contribution in [-0.2, 0) is 5.75 Å². The molecule has 0 aliphatic carbocycles. The maximum absolute atomic E-state index is 12.8. The van der Waals surface area contributed by atoms with E-state index in [4.69, 9.17) is 10.00 Å². The molecule has 0 unspecified atom stereocenters. The highest BCUT2D eigenvalue weighted by Gasteiger charge is 2.04. The van der Waals surface area contributed by atoms with E-state index in [2.05, 4.69) is 6.07 Å². The second kappa shape index (κ2) is 6.26. The van der Waals surface area contributed by atoms with E-state index in [0.717, 1.165) is 16.2 Å². The van der Waals surface area contributed by atoms with E-state index in [0.29, 0.717) is 11.3 Å². The lowest BCUT2D eigenvalue weighted by molar-refractivity contribution is 0.413. The van der Waals surface area contributed by atoms with Crippen molar-refractivity contribution < 1.29 is 9.13 Å². The monoisotopic (exact) mass is 273 g/mol. The van der Waals surface area contributed by atoms with Gasteiger partial charge in [-0.25, -0.2) is 4.39 Å². The fraction of sp³-hybridized carbons (Fsp3) is 0.133. The van der Waals surface area contributed by atoms with Crippen LogP contribution < -0.4 is 4.74 Å². The van der Waals surface area contributed by atoms with Crippen LogP contribution in [0.15, 0.2) is 47.4 Å². The van der Waals surface area contributed by atoms with Gasteiger partial charge >= 0.3 is 0 Å². The maximum atomic E-state index is 12.8. The Kier molecular flexibility index (Phi) is 4.43. The van der Waals surface area contributed by atoms with Gasteiger partial charge in [-0.1, -0.05) is 6.07 Å². The first-order valence-corrected chi connectivity index (χ1v) is 6.67. The van der Waals surface area contributed by atoms with Crippen molar-refractivity contribution in [3.8, 4) is 11.8 Å². The van der Waals surface area contributed by atoms with Gasteiger partial charge in [0.05, 0.1) is 12.7 Å². The first kappa shape index (κ1) is 13.4. The van der Waals surface area contributed by atoms with Gasteiger partial charge in [0.25, 0.3) is 0 Å². The molecule has 96 valence electrons. The highest BCUT2D eigenvalue weighted by molar-refractivity contribution is 7.98. The smallest absolute Gasteiger partial charge is 0.136 e. The number of thioether (sulfide) groups is 1. The summed E-state index contributed by atoms with van der Waals surface area (Å²) in [4.78, 5) is 0.996. The Morgan fingerprint density at radius 2 is 1.95 bits per heavy atom. The van der Waals surface area contributed by atoms with Gasteiger partial charge < -0.3 is 4.74 Å². The minimum absolute atomic E-state index is 0.236. The first-order valence-electron chi connectivity index (χ1n) is 5.68. The molecule has 0 fully saturated rings. The Morgan fingerprint density at radius 3 is 2.58 bits per heavy atom. The van der Waals surface area contributed by atoms with Crippen molar-refractivity contribution in [2.24, 2.45) is 0 Å². The van der Waals surface area contributed by atoms with Gasteiger partial charge in [0.1, 0.15) is 17.6 Å². The maximum Gasteiger partial charge on any atom is 0.136 e. The highest BCUT2D eigenvalue weighted by atomic mass is 32.2. The van der Waals surface area contributed by atoms with Crippen LogP contribution >= 0.6 is 11.8 Å². The number of rotatable bonds is 4. The summed E-state index contributed by atoms with van der Waals surface area (Å²) in [6.07, 6.45) is 0. The zero-order valence-corrected chi connectivity index (χ0v) is 11.2. The van der Waals surface area contributed by atoms with Crippen molar-refractivity contribution in [3.63, 3.8) is 0 Å². The predicted octanol–water partition coefficient (Wildman–Crippen LogP) is 4.00. The second-order valence-electron chi connectivity index (χ2n) is 3.89. The number of hydrogen-bond acceptors (Lipinski definition) is 3. The average Bonchev–Trinajstić information content (AvgIpc) is 2.46. The Morgan fingerprint density at radius 1 is 1.21 bits per heavy atom. The van der Waals surface area contributed by atoms with E-state index in [1.54, 1.807) is 37.1 Å². The average molecular weight is 273 g/mol. The highest BCUT2D eigenvalue weighted by Crippen LogP contribution is 2.26. The molecule has 0 aromatic heterocycles. The molecular weight excluding hydrogens is 261 g/mol. The quantitative estimate of drug-likeness (QED) is 0.789. The Bertz CT molecular complexity index is 605. The minimum Gasteiger partial charge on any atom is -0.495 e. The summed E-state index contributed by atoms with van der Waals surface area (Å²) in [5, 5.41) is 9.01. The molecule has 2 aromatic carbocycles. The molecule has 0 atom stereocenters. The predicted molar refractivity (Wildman–Crippen MR) is 73.7 cm³/mol. The summed E-state index contributed by atoms with van der Waals surface area (Å²) < 4.78 is 17.9. The van der Waals surface area contributed by atoms with Gasteiger partial charge in [-0.2, -0.15) is 5.26 Å². The second-order valence-corrected chi connectivity index (χ2v) is 4.94. The number of hydrogen-bond donors (Lipinski definition) is 0. The molecule has 2 nitrogen and oxygen atoms in total. The van der Waals surface area contributed by atoms with E-state index < -0.39 is 0 Å². The first-order chi connectivity index (χ1) is 9.22. The zero-order valence-electron chi connectivity index (χ0n) is 10.4. The molecule has 0 bridgehead atoms. The normalized spacial score (nSPS) is 9.95. The molecule has 2 aromatic rings. The van der Waals surface area contributed by atoms with Crippen LogP contribution in [0.2, 0.25) is 0 Å². The molecule has 0 radical (unpaired) electrons. The third kappa shape index (κ3) is 3.49. The minimum atomic E-state index is -0.236. The van der Waals surface area contributed by atoms with Gasteiger partial charge in [-0.3, -0.25) is 0 Å². The lowest BCUT2D eigenvalue weighted by atomic mass is 10.1. The van der Waals surface area contributed by atoms with Crippen LogP contribution in [-0.4, -0.2) is 7.11 Å². The number of methoxy groups -OCH3 is 1. The molecule has 0 N–H and O–H groups in total. The van der Waals surface area contributed by atoms with E-state index >= 15 is 0 Å². The standard InChI is InChI=1S/C15H12FNOS/c1-18-15-7-2-11(8-12(15)9-17)10-19-14-5-3-13(16)4-6-14/h2-8H,10H2,1H3. The summed E-state index contributed by atoms with van der Waals surface area (Å²) in [5.41, 5.74) is 1.56. The zero-order chi connectivity index (χ0) is 13.7. The fourth-order valence-electron chi connectivity index (χ4n) is 1.63. The lowest BCUT2D eigenvalue weighted by Crippen LogP contribution is -1.90. The number of halogens is 1. The van der Waals surface area contributed by atoms with Crippen LogP contribution in [0.5, 0.6) is 5.75 Å². The fourth-order valence-corrected chi connectivity index (χ4v) is 2.47. The topological polar surface area (TPSA) is 33.0 Å². The summed E-state index contributed by atoms with van der Waals surface area (Å²) in [6.45, 7) is 0. The van der Waals surface area contributed by atoms with Crippen molar-refractivity contribution >= 4 is 11.8 Å². The molecule has 0 aliphatic heterocycles. The van der Waals surface area contributed by atoms with E-state index in [9.17, 15) is 4.39 Å². The van der Waals surface area contributed by atoms with Crippen LogP contribution in [0.1, 0.15) is 11.1 Å². The molecule has 0 amide bonds. The summed E-state index contributed by atoms with van der Waals surface area (Å²) in [7, 11) is 1.54. The molecule has 4 heteroatoms. The van der Waals surface area contributed by atoms with E-state index in [-0.39, 0.29) is 5.82 Å². The molecule has 19 heavy (non-hydrogen) atoms. The molecule has 0 aliphatic rings. The van der Waals surface area contributed by atoms with Crippen LogP contribution in [0.3, 0.4) is 0 Å². The summed E-state index contributed by atoms with van der Waals surface area (Å²) in [5.74, 6) is 1.07. The lowest BCUT2D eigenvalue weighted by Gasteiger charge is -2.06. The van der Waals surface area contributed by atoms with Crippen LogP contribution in [0, 0.1) is 17.1 Å². The SMILES string of the molecule is COc1ccc(CSc2ccc(F)cc2)cc1C#N. The Hall–Kier alpha value is -1.99. The van der Waals surface area contributed by atoms with Gasteiger partial charge in [-0.05, 0) is 42.0 Å². The van der Waals surface area contributed by atoms with Gasteiger partial charge in [0, 0.05) is 10.6 Å². The van der Waals surface area contributed by atoms with Crippen molar-refractivity contribution in [3.05, 3.63) is 59.4 Å². The third-order valence-corrected chi connectivity index (χ3v) is 3.69. The van der Waals surface area contributed by atoms with Crippen LogP contribution in [0.4, 0.5) is 4.39 Å². The molecule has 0 spiro atoms.